The first-order valence-electron chi connectivity index (χ1n) is 7.99. The van der Waals surface area contributed by atoms with Gasteiger partial charge >= 0.3 is 0 Å². The Labute approximate surface area is 140 Å². The molecule has 1 fully saturated rings. The smallest absolute Gasteiger partial charge is 0.265 e. The van der Waals surface area contributed by atoms with Crippen LogP contribution in [0.3, 0.4) is 0 Å². The molecule has 0 radical (unpaired) electrons. The Kier molecular flexibility index (Phi) is 5.30. The number of amides is 1. The molecule has 1 unspecified atom stereocenters. The Hall–Kier alpha value is -1.86. The van der Waals surface area contributed by atoms with Gasteiger partial charge < -0.3 is 5.32 Å². The van der Waals surface area contributed by atoms with E-state index < -0.39 is 0 Å². The molecule has 1 atom stereocenters. The highest BCUT2D eigenvalue weighted by molar-refractivity contribution is 7.08. The number of aryl methyl sites for hydroxylation is 1. The Bertz CT molecular complexity index is 645. The maximum Gasteiger partial charge on any atom is 0.265 e. The van der Waals surface area contributed by atoms with Gasteiger partial charge in [-0.05, 0) is 49.0 Å². The largest absolute Gasteiger partial charge is 0.347 e. The van der Waals surface area contributed by atoms with Gasteiger partial charge in [0.25, 0.3) is 5.91 Å². The summed E-state index contributed by atoms with van der Waals surface area (Å²) in [6.07, 6.45) is 6.53. The monoisotopic (exact) mass is 331 g/mol. The number of rotatable bonds is 5. The minimum Gasteiger partial charge on any atom is -0.347 e. The lowest BCUT2D eigenvalue weighted by Gasteiger charge is -2.33. The van der Waals surface area contributed by atoms with Crippen molar-refractivity contribution in [2.45, 2.75) is 38.8 Å². The molecule has 6 nitrogen and oxygen atoms in total. The van der Waals surface area contributed by atoms with Crippen molar-refractivity contribution in [3.8, 4) is 0 Å². The highest BCUT2D eigenvalue weighted by Gasteiger charge is 2.24. The summed E-state index contributed by atoms with van der Waals surface area (Å²) >= 11 is 1.18. The van der Waals surface area contributed by atoms with Crippen LogP contribution in [-0.2, 0) is 13.0 Å². The van der Waals surface area contributed by atoms with E-state index in [4.69, 9.17) is 0 Å². The first kappa shape index (κ1) is 16.0. The van der Waals surface area contributed by atoms with Gasteiger partial charge in [-0.3, -0.25) is 14.7 Å². The summed E-state index contributed by atoms with van der Waals surface area (Å²) in [5.41, 5.74) is 2.00. The Morgan fingerprint density at radius 2 is 2.43 bits per heavy atom. The molecule has 1 saturated heterocycles. The van der Waals surface area contributed by atoms with Crippen LogP contribution in [0.4, 0.5) is 0 Å². The van der Waals surface area contributed by atoms with Crippen molar-refractivity contribution in [1.82, 2.24) is 24.8 Å². The molecule has 2 aromatic rings. The van der Waals surface area contributed by atoms with Gasteiger partial charge in [-0.15, -0.1) is 5.10 Å². The lowest BCUT2D eigenvalue weighted by atomic mass is 10.0. The minimum absolute atomic E-state index is 0.0370. The van der Waals surface area contributed by atoms with Crippen LogP contribution in [0.1, 0.15) is 40.7 Å². The molecule has 0 aromatic carbocycles. The van der Waals surface area contributed by atoms with Crippen LogP contribution in [-0.4, -0.2) is 44.5 Å². The van der Waals surface area contributed by atoms with Gasteiger partial charge in [0.05, 0.1) is 5.69 Å². The first-order chi connectivity index (χ1) is 11.3. The number of nitrogens with one attached hydrogen (secondary N) is 1. The van der Waals surface area contributed by atoms with E-state index in [1.807, 2.05) is 19.2 Å². The van der Waals surface area contributed by atoms with Crippen molar-refractivity contribution in [2.75, 3.05) is 13.1 Å². The Morgan fingerprint density at radius 3 is 3.22 bits per heavy atom. The zero-order valence-corrected chi connectivity index (χ0v) is 14.1. The van der Waals surface area contributed by atoms with Crippen LogP contribution in [0.2, 0.25) is 0 Å². The number of pyridine rings is 1. The van der Waals surface area contributed by atoms with Gasteiger partial charge in [-0.1, -0.05) is 17.5 Å². The number of piperidine rings is 1. The van der Waals surface area contributed by atoms with Crippen molar-refractivity contribution >= 4 is 17.4 Å². The molecule has 1 aliphatic rings. The van der Waals surface area contributed by atoms with Gasteiger partial charge in [0.2, 0.25) is 0 Å². The molecule has 122 valence electrons. The van der Waals surface area contributed by atoms with Crippen LogP contribution >= 0.6 is 11.5 Å². The fraction of sp³-hybridized carbons (Fsp3) is 0.500. The molecule has 7 heteroatoms. The summed E-state index contributed by atoms with van der Waals surface area (Å²) in [5.74, 6) is -0.0370. The van der Waals surface area contributed by atoms with Crippen molar-refractivity contribution in [3.05, 3.63) is 40.7 Å². The maximum absolute atomic E-state index is 12.4. The van der Waals surface area contributed by atoms with Crippen LogP contribution in [0, 0.1) is 0 Å². The summed E-state index contributed by atoms with van der Waals surface area (Å²) < 4.78 is 3.89. The van der Waals surface area contributed by atoms with Crippen molar-refractivity contribution in [3.63, 3.8) is 0 Å². The average molecular weight is 331 g/mol. The highest BCUT2D eigenvalue weighted by atomic mass is 32.1. The molecule has 0 aliphatic carbocycles. The maximum atomic E-state index is 12.4. The van der Waals surface area contributed by atoms with Gasteiger partial charge in [0.15, 0.2) is 0 Å². The number of hydrogen-bond donors (Lipinski definition) is 1. The molecular weight excluding hydrogens is 310 g/mol. The molecule has 1 N–H and O–H groups in total. The Balaban J connectivity index is 1.57. The fourth-order valence-electron chi connectivity index (χ4n) is 2.93. The number of aromatic nitrogens is 3. The molecule has 3 rings (SSSR count). The van der Waals surface area contributed by atoms with E-state index in [1.165, 1.54) is 17.1 Å². The average Bonchev–Trinajstić information content (AvgIpc) is 3.05. The van der Waals surface area contributed by atoms with Gasteiger partial charge in [-0.25, -0.2) is 0 Å². The number of hydrogen-bond acceptors (Lipinski definition) is 6. The van der Waals surface area contributed by atoms with E-state index in [0.717, 1.165) is 44.6 Å². The fourth-order valence-corrected chi connectivity index (χ4v) is 3.58. The summed E-state index contributed by atoms with van der Waals surface area (Å²) in [4.78, 5) is 19.6. The predicted molar refractivity (Wildman–Crippen MR) is 89.3 cm³/mol. The third-order valence-electron chi connectivity index (χ3n) is 4.07. The van der Waals surface area contributed by atoms with Crippen molar-refractivity contribution in [2.24, 2.45) is 0 Å². The normalized spacial score (nSPS) is 18.7. The molecule has 1 aliphatic heterocycles. The first-order valence-corrected chi connectivity index (χ1v) is 8.77. The summed E-state index contributed by atoms with van der Waals surface area (Å²) in [6.45, 7) is 4.80. The van der Waals surface area contributed by atoms with Gasteiger partial charge in [0, 0.05) is 31.5 Å². The summed E-state index contributed by atoms with van der Waals surface area (Å²) in [5, 5.41) is 7.16. The van der Waals surface area contributed by atoms with Crippen LogP contribution in [0.5, 0.6) is 0 Å². The van der Waals surface area contributed by atoms with E-state index in [2.05, 4.69) is 30.9 Å². The topological polar surface area (TPSA) is 71.0 Å². The minimum atomic E-state index is -0.0370. The SMILES string of the molecule is CCc1nnsc1C(=O)NC1CCCN(Cc2cccnc2)C1. The second-order valence-corrected chi connectivity index (χ2v) is 6.57. The zero-order chi connectivity index (χ0) is 16.1. The van der Waals surface area contributed by atoms with Crippen LogP contribution in [0.15, 0.2) is 24.5 Å². The van der Waals surface area contributed by atoms with E-state index in [9.17, 15) is 4.79 Å². The molecule has 0 saturated carbocycles. The number of nitrogens with zero attached hydrogens (tertiary/aromatic N) is 4. The third-order valence-corrected chi connectivity index (χ3v) is 4.83. The zero-order valence-electron chi connectivity index (χ0n) is 13.2. The molecule has 1 amide bonds. The Morgan fingerprint density at radius 1 is 1.52 bits per heavy atom. The molecule has 0 spiro atoms. The number of carbonyl (C=O) groups excluding carboxylic acids is 1. The highest BCUT2D eigenvalue weighted by Crippen LogP contribution is 2.16. The summed E-state index contributed by atoms with van der Waals surface area (Å²) in [6, 6.07) is 4.23. The van der Waals surface area contributed by atoms with Gasteiger partial charge in [0.1, 0.15) is 4.88 Å². The van der Waals surface area contributed by atoms with Gasteiger partial charge in [-0.2, -0.15) is 0 Å². The molecular formula is C16H21N5OS. The van der Waals surface area contributed by atoms with Crippen molar-refractivity contribution < 1.29 is 4.79 Å². The number of likely N-dealkylation sites (tertiary alicyclic amines) is 1. The second kappa shape index (κ2) is 7.61. The standard InChI is InChI=1S/C16H21N5OS/c1-2-14-15(23-20-19-14)16(22)18-13-6-4-8-21(11-13)10-12-5-3-7-17-9-12/h3,5,7,9,13H,2,4,6,8,10-11H2,1H3,(H,18,22). The molecule has 3 heterocycles. The van der Waals surface area contributed by atoms with E-state index in [0.29, 0.717) is 4.88 Å². The predicted octanol–water partition coefficient (Wildman–Crippen LogP) is 1.89. The molecule has 23 heavy (non-hydrogen) atoms. The third kappa shape index (κ3) is 4.11. The molecule has 2 aromatic heterocycles. The lowest BCUT2D eigenvalue weighted by molar-refractivity contribution is 0.0903. The van der Waals surface area contributed by atoms with E-state index >= 15 is 0 Å². The van der Waals surface area contributed by atoms with Crippen LogP contribution < -0.4 is 5.32 Å². The second-order valence-electron chi connectivity index (χ2n) is 5.81. The van der Waals surface area contributed by atoms with E-state index in [1.54, 1.807) is 6.20 Å². The quantitative estimate of drug-likeness (QED) is 0.906. The number of carbonyl (C=O) groups is 1. The lowest BCUT2D eigenvalue weighted by Crippen LogP contribution is -2.47. The van der Waals surface area contributed by atoms with Crippen molar-refractivity contribution in [1.29, 1.82) is 0 Å². The molecule has 0 bridgehead atoms. The van der Waals surface area contributed by atoms with E-state index in [-0.39, 0.29) is 11.9 Å². The van der Waals surface area contributed by atoms with Crippen LogP contribution in [0.25, 0.3) is 0 Å². The summed E-state index contributed by atoms with van der Waals surface area (Å²) in [7, 11) is 0.